The monoisotopic (exact) mass is 412 g/mol. The first-order valence-electron chi connectivity index (χ1n) is 11.0. The molecule has 2 bridgehead atoms. The molecule has 5 nitrogen and oxygen atoms in total. The molecular weight excluding hydrogens is 380 g/mol. The normalized spacial score (nSPS) is 30.7. The molecule has 4 rings (SSSR count). The molecule has 2 heterocycles. The van der Waals surface area contributed by atoms with Crippen molar-refractivity contribution >= 4 is 17.3 Å². The maximum Gasteiger partial charge on any atom is 0.313 e. The van der Waals surface area contributed by atoms with Gasteiger partial charge >= 0.3 is 5.97 Å². The number of methoxy groups -OCH3 is 1. The molecule has 3 aliphatic rings. The number of carbonyl (C=O) groups excluding carboxylic acids is 2. The fourth-order valence-electron chi connectivity index (χ4n) is 5.75. The van der Waals surface area contributed by atoms with Crippen molar-refractivity contribution in [3.05, 3.63) is 40.1 Å². The zero-order valence-electron chi connectivity index (χ0n) is 18.8. The second kappa shape index (κ2) is 7.61. The van der Waals surface area contributed by atoms with Crippen LogP contribution in [0, 0.1) is 38.5 Å². The lowest BCUT2D eigenvalue weighted by atomic mass is 9.73. The summed E-state index contributed by atoms with van der Waals surface area (Å²) in [5, 5.41) is 0. The standard InChI is InChI=1S/C25H32O5/c1-7-14(3)24(27)29-23-20(18-15(4)10-13(2)11-16(18)5)22(26)19-17-8-9-25(30-17,12-28-6)21(19)23/h10-11,14,17,19,21H,7-9,12H2,1-6H3/t14?,17-,19-,21+,25-/m0/s1. The minimum atomic E-state index is -0.598. The molecule has 1 aromatic rings. The highest BCUT2D eigenvalue weighted by Crippen LogP contribution is 2.60. The molecule has 0 spiro atoms. The Bertz CT molecular complexity index is 906. The van der Waals surface area contributed by atoms with Gasteiger partial charge in [-0.2, -0.15) is 0 Å². The van der Waals surface area contributed by atoms with Crippen molar-refractivity contribution in [1.82, 2.24) is 0 Å². The lowest BCUT2D eigenvalue weighted by Crippen LogP contribution is -2.42. The number of hydrogen-bond acceptors (Lipinski definition) is 5. The van der Waals surface area contributed by atoms with Gasteiger partial charge < -0.3 is 14.2 Å². The molecule has 1 aromatic carbocycles. The van der Waals surface area contributed by atoms with Crippen LogP contribution in [0.4, 0.5) is 0 Å². The molecule has 5 heteroatoms. The molecule has 2 aliphatic heterocycles. The third kappa shape index (κ3) is 3.05. The van der Waals surface area contributed by atoms with Crippen LogP contribution in [0.15, 0.2) is 17.9 Å². The highest BCUT2D eigenvalue weighted by Gasteiger charge is 2.67. The minimum absolute atomic E-state index is 0.0460. The van der Waals surface area contributed by atoms with Gasteiger partial charge in [-0.25, -0.2) is 0 Å². The number of aryl methyl sites for hydroxylation is 3. The highest BCUT2D eigenvalue weighted by atomic mass is 16.6. The summed E-state index contributed by atoms with van der Waals surface area (Å²) in [6, 6.07) is 4.17. The topological polar surface area (TPSA) is 61.8 Å². The predicted octanol–water partition coefficient (Wildman–Crippen LogP) is 4.31. The molecule has 1 aliphatic carbocycles. The second-order valence-corrected chi connectivity index (χ2v) is 9.30. The molecule has 0 amide bonds. The number of rotatable bonds is 6. The third-order valence-corrected chi connectivity index (χ3v) is 7.18. The first-order chi connectivity index (χ1) is 14.2. The van der Waals surface area contributed by atoms with Gasteiger partial charge in [0.15, 0.2) is 5.78 Å². The first kappa shape index (κ1) is 21.3. The Kier molecular flexibility index (Phi) is 5.39. The van der Waals surface area contributed by atoms with Crippen LogP contribution >= 0.6 is 0 Å². The van der Waals surface area contributed by atoms with E-state index < -0.39 is 5.60 Å². The minimum Gasteiger partial charge on any atom is -0.430 e. The van der Waals surface area contributed by atoms with Crippen molar-refractivity contribution in [1.29, 1.82) is 0 Å². The number of benzene rings is 1. The van der Waals surface area contributed by atoms with Crippen LogP contribution in [0.2, 0.25) is 0 Å². The van der Waals surface area contributed by atoms with Crippen LogP contribution in [-0.4, -0.2) is 37.2 Å². The Morgan fingerprint density at radius 2 is 1.93 bits per heavy atom. The summed E-state index contributed by atoms with van der Waals surface area (Å²) in [5.74, 6) is -0.535. The van der Waals surface area contributed by atoms with Crippen molar-refractivity contribution in [3.63, 3.8) is 0 Å². The lowest BCUT2D eigenvalue weighted by Gasteiger charge is -2.33. The number of ether oxygens (including phenoxy) is 3. The fraction of sp³-hybridized carbons (Fsp3) is 0.600. The van der Waals surface area contributed by atoms with Gasteiger partial charge in [0.2, 0.25) is 0 Å². The van der Waals surface area contributed by atoms with Crippen molar-refractivity contribution < 1.29 is 23.8 Å². The number of allylic oxidation sites excluding steroid dienone is 1. The fourth-order valence-corrected chi connectivity index (χ4v) is 5.75. The van der Waals surface area contributed by atoms with Crippen molar-refractivity contribution in [3.8, 4) is 0 Å². The van der Waals surface area contributed by atoms with Gasteiger partial charge in [0, 0.05) is 7.11 Å². The van der Waals surface area contributed by atoms with Crippen LogP contribution in [0.5, 0.6) is 0 Å². The van der Waals surface area contributed by atoms with E-state index in [0.717, 1.165) is 35.1 Å². The molecule has 2 fully saturated rings. The van der Waals surface area contributed by atoms with E-state index in [9.17, 15) is 9.59 Å². The quantitative estimate of drug-likeness (QED) is 0.652. The maximum atomic E-state index is 13.8. The molecule has 0 aromatic heterocycles. The van der Waals surface area contributed by atoms with E-state index in [-0.39, 0.29) is 35.6 Å². The second-order valence-electron chi connectivity index (χ2n) is 9.30. The molecular formula is C25H32O5. The molecule has 2 saturated heterocycles. The number of hydrogen-bond donors (Lipinski definition) is 0. The number of fused-ring (bicyclic) bond motifs is 5. The van der Waals surface area contributed by atoms with Gasteiger partial charge in [0.05, 0.1) is 36.0 Å². The molecule has 0 saturated carbocycles. The predicted molar refractivity (Wildman–Crippen MR) is 114 cm³/mol. The Hall–Kier alpha value is -1.98. The van der Waals surface area contributed by atoms with E-state index in [1.807, 2.05) is 27.7 Å². The third-order valence-electron chi connectivity index (χ3n) is 7.18. The molecule has 162 valence electrons. The van der Waals surface area contributed by atoms with E-state index >= 15 is 0 Å². The van der Waals surface area contributed by atoms with Crippen molar-refractivity contribution in [2.24, 2.45) is 17.8 Å². The SMILES string of the molecule is CCC(C)C(=O)OC1=C(c2c(C)cc(C)cc2C)C(=O)[C@H]2[C@@H]3CC[C@@](COC)(O3)[C@@H]12. The Morgan fingerprint density at radius 1 is 1.27 bits per heavy atom. The Balaban J connectivity index is 1.90. The first-order valence-corrected chi connectivity index (χ1v) is 11.0. The van der Waals surface area contributed by atoms with E-state index in [0.29, 0.717) is 24.4 Å². The summed E-state index contributed by atoms with van der Waals surface area (Å²) in [4.78, 5) is 26.6. The maximum absolute atomic E-state index is 13.8. The average molecular weight is 413 g/mol. The lowest BCUT2D eigenvalue weighted by molar-refractivity contribution is -0.146. The van der Waals surface area contributed by atoms with E-state index in [2.05, 4.69) is 19.1 Å². The molecule has 0 radical (unpaired) electrons. The summed E-state index contributed by atoms with van der Waals surface area (Å²) in [6.45, 7) is 10.3. The van der Waals surface area contributed by atoms with Crippen LogP contribution in [0.1, 0.15) is 55.4 Å². The largest absolute Gasteiger partial charge is 0.430 e. The zero-order valence-corrected chi connectivity index (χ0v) is 18.8. The van der Waals surface area contributed by atoms with Gasteiger partial charge in [-0.15, -0.1) is 0 Å². The van der Waals surface area contributed by atoms with E-state index in [1.54, 1.807) is 7.11 Å². The van der Waals surface area contributed by atoms with Crippen LogP contribution in [0.25, 0.3) is 5.57 Å². The summed E-state index contributed by atoms with van der Waals surface area (Å²) < 4.78 is 17.9. The van der Waals surface area contributed by atoms with Crippen LogP contribution in [0.3, 0.4) is 0 Å². The average Bonchev–Trinajstić information content (AvgIpc) is 3.32. The molecule has 0 N–H and O–H groups in total. The summed E-state index contributed by atoms with van der Waals surface area (Å²) in [7, 11) is 1.65. The van der Waals surface area contributed by atoms with Gasteiger partial charge in [-0.1, -0.05) is 31.5 Å². The summed E-state index contributed by atoms with van der Waals surface area (Å²) >= 11 is 0. The summed E-state index contributed by atoms with van der Waals surface area (Å²) in [5.41, 5.74) is 4.09. The number of ketones is 1. The number of carbonyl (C=O) groups is 2. The zero-order chi connectivity index (χ0) is 21.8. The Morgan fingerprint density at radius 3 is 2.53 bits per heavy atom. The van der Waals surface area contributed by atoms with Crippen LogP contribution < -0.4 is 0 Å². The molecule has 30 heavy (non-hydrogen) atoms. The van der Waals surface area contributed by atoms with E-state index in [4.69, 9.17) is 14.2 Å². The molecule has 5 atom stereocenters. The molecule has 1 unspecified atom stereocenters. The van der Waals surface area contributed by atoms with Crippen molar-refractivity contribution in [2.75, 3.05) is 13.7 Å². The van der Waals surface area contributed by atoms with E-state index in [1.165, 1.54) is 0 Å². The van der Waals surface area contributed by atoms with Gasteiger partial charge in [-0.3, -0.25) is 9.59 Å². The highest BCUT2D eigenvalue weighted by molar-refractivity contribution is 6.26. The van der Waals surface area contributed by atoms with Crippen LogP contribution in [-0.2, 0) is 23.8 Å². The van der Waals surface area contributed by atoms with Gasteiger partial charge in [0.1, 0.15) is 11.4 Å². The Labute approximate surface area is 178 Å². The summed E-state index contributed by atoms with van der Waals surface area (Å²) in [6.07, 6.45) is 2.19. The van der Waals surface area contributed by atoms with Gasteiger partial charge in [-0.05, 0) is 56.7 Å². The number of esters is 1. The number of Topliss-reactive ketones (excluding diaryl/α,β-unsaturated/α-hetero) is 1. The smallest absolute Gasteiger partial charge is 0.313 e. The van der Waals surface area contributed by atoms with Crippen molar-refractivity contribution in [2.45, 2.75) is 65.6 Å². The van der Waals surface area contributed by atoms with Gasteiger partial charge in [0.25, 0.3) is 0 Å².